The third kappa shape index (κ3) is 2.55. The van der Waals surface area contributed by atoms with Crippen molar-refractivity contribution in [3.8, 4) is 5.75 Å². The lowest BCUT2D eigenvalue weighted by molar-refractivity contribution is 0.415. The summed E-state index contributed by atoms with van der Waals surface area (Å²) in [6, 6.07) is 6.26. The standard InChI is InChI=1S/C12H20N2O/c1-5-14(9(2)3)12-7-6-10(15-4)8-11(12)13/h6-9H,5,13H2,1-4H3. The van der Waals surface area contributed by atoms with Crippen molar-refractivity contribution in [1.29, 1.82) is 0 Å². The van der Waals surface area contributed by atoms with Crippen LogP contribution >= 0.6 is 0 Å². The lowest BCUT2D eigenvalue weighted by Gasteiger charge is -2.28. The van der Waals surface area contributed by atoms with Gasteiger partial charge in [-0.15, -0.1) is 0 Å². The molecule has 0 radical (unpaired) electrons. The molecule has 2 N–H and O–H groups in total. The quantitative estimate of drug-likeness (QED) is 0.773. The molecule has 1 aromatic rings. The first-order valence-corrected chi connectivity index (χ1v) is 5.30. The van der Waals surface area contributed by atoms with Crippen LogP contribution < -0.4 is 15.4 Å². The summed E-state index contributed by atoms with van der Waals surface area (Å²) in [6.07, 6.45) is 0. The second-order valence-electron chi connectivity index (χ2n) is 3.80. The molecule has 0 saturated heterocycles. The van der Waals surface area contributed by atoms with Gasteiger partial charge in [-0.3, -0.25) is 0 Å². The van der Waals surface area contributed by atoms with Crippen molar-refractivity contribution in [1.82, 2.24) is 0 Å². The van der Waals surface area contributed by atoms with E-state index in [1.807, 2.05) is 18.2 Å². The average molecular weight is 208 g/mol. The summed E-state index contributed by atoms with van der Waals surface area (Å²) in [5.41, 5.74) is 7.84. The molecule has 3 heteroatoms. The van der Waals surface area contributed by atoms with Gasteiger partial charge in [0.25, 0.3) is 0 Å². The summed E-state index contributed by atoms with van der Waals surface area (Å²) >= 11 is 0. The molecule has 0 aromatic heterocycles. The van der Waals surface area contributed by atoms with E-state index in [0.29, 0.717) is 6.04 Å². The molecule has 1 rings (SSSR count). The Balaban J connectivity index is 3.03. The number of hydrogen-bond acceptors (Lipinski definition) is 3. The summed E-state index contributed by atoms with van der Waals surface area (Å²) in [5.74, 6) is 0.802. The summed E-state index contributed by atoms with van der Waals surface area (Å²) in [5, 5.41) is 0. The van der Waals surface area contributed by atoms with Crippen LogP contribution in [0.1, 0.15) is 20.8 Å². The van der Waals surface area contributed by atoms with Gasteiger partial charge in [0, 0.05) is 18.7 Å². The number of hydrogen-bond donors (Lipinski definition) is 1. The van der Waals surface area contributed by atoms with E-state index in [4.69, 9.17) is 10.5 Å². The van der Waals surface area contributed by atoms with Crippen LogP contribution in [0.25, 0.3) is 0 Å². The molecule has 0 heterocycles. The molecular weight excluding hydrogens is 188 g/mol. The Hall–Kier alpha value is -1.38. The van der Waals surface area contributed by atoms with E-state index in [1.165, 1.54) is 0 Å². The number of ether oxygens (including phenoxy) is 1. The van der Waals surface area contributed by atoms with Crippen LogP contribution in [-0.2, 0) is 0 Å². The lowest BCUT2D eigenvalue weighted by Crippen LogP contribution is -2.30. The van der Waals surface area contributed by atoms with Gasteiger partial charge in [0.1, 0.15) is 5.75 Å². The average Bonchev–Trinajstić information content (AvgIpc) is 2.20. The smallest absolute Gasteiger partial charge is 0.121 e. The predicted molar refractivity (Wildman–Crippen MR) is 65.6 cm³/mol. The predicted octanol–water partition coefficient (Wildman–Crippen LogP) is 2.51. The van der Waals surface area contributed by atoms with Crippen molar-refractivity contribution in [2.45, 2.75) is 26.8 Å². The van der Waals surface area contributed by atoms with E-state index in [1.54, 1.807) is 7.11 Å². The maximum Gasteiger partial charge on any atom is 0.121 e. The third-order valence-corrected chi connectivity index (χ3v) is 2.51. The largest absolute Gasteiger partial charge is 0.497 e. The molecule has 1 aromatic carbocycles. The monoisotopic (exact) mass is 208 g/mol. The van der Waals surface area contributed by atoms with E-state index in [2.05, 4.69) is 25.7 Å². The zero-order valence-corrected chi connectivity index (χ0v) is 9.95. The fraction of sp³-hybridized carbons (Fsp3) is 0.500. The molecule has 0 aliphatic carbocycles. The van der Waals surface area contributed by atoms with Crippen molar-refractivity contribution in [3.05, 3.63) is 18.2 Å². The topological polar surface area (TPSA) is 38.5 Å². The van der Waals surface area contributed by atoms with Crippen molar-refractivity contribution >= 4 is 11.4 Å². The first kappa shape index (κ1) is 11.7. The van der Waals surface area contributed by atoms with E-state index in [9.17, 15) is 0 Å². The van der Waals surface area contributed by atoms with Crippen LogP contribution in [0.3, 0.4) is 0 Å². The molecule has 0 atom stereocenters. The highest BCUT2D eigenvalue weighted by Gasteiger charge is 2.11. The van der Waals surface area contributed by atoms with Gasteiger partial charge in [-0.1, -0.05) is 0 Å². The van der Waals surface area contributed by atoms with Crippen LogP contribution in [0.15, 0.2) is 18.2 Å². The van der Waals surface area contributed by atoms with Gasteiger partial charge < -0.3 is 15.4 Å². The Bertz CT molecular complexity index is 323. The van der Waals surface area contributed by atoms with Gasteiger partial charge in [0.05, 0.1) is 18.5 Å². The van der Waals surface area contributed by atoms with E-state index >= 15 is 0 Å². The van der Waals surface area contributed by atoms with Crippen LogP contribution in [-0.4, -0.2) is 19.7 Å². The normalized spacial score (nSPS) is 10.5. The molecule has 0 amide bonds. The Morgan fingerprint density at radius 2 is 2.07 bits per heavy atom. The lowest BCUT2D eigenvalue weighted by atomic mass is 10.2. The Kier molecular flexibility index (Phi) is 3.83. The minimum Gasteiger partial charge on any atom is -0.497 e. The maximum absolute atomic E-state index is 5.99. The Morgan fingerprint density at radius 1 is 1.40 bits per heavy atom. The van der Waals surface area contributed by atoms with Crippen molar-refractivity contribution in [3.63, 3.8) is 0 Å². The summed E-state index contributed by atoms with van der Waals surface area (Å²) in [6.45, 7) is 7.40. The first-order chi connectivity index (χ1) is 7.10. The summed E-state index contributed by atoms with van der Waals surface area (Å²) in [4.78, 5) is 2.26. The molecule has 0 unspecified atom stereocenters. The number of nitrogens with zero attached hydrogens (tertiary/aromatic N) is 1. The maximum atomic E-state index is 5.99. The van der Waals surface area contributed by atoms with E-state index in [-0.39, 0.29) is 0 Å². The highest BCUT2D eigenvalue weighted by molar-refractivity contribution is 5.69. The fourth-order valence-electron chi connectivity index (χ4n) is 1.73. The van der Waals surface area contributed by atoms with Crippen LogP contribution in [0, 0.1) is 0 Å². The number of methoxy groups -OCH3 is 1. The third-order valence-electron chi connectivity index (χ3n) is 2.51. The zero-order chi connectivity index (χ0) is 11.4. The molecular formula is C12H20N2O. The minimum atomic E-state index is 0.450. The number of benzene rings is 1. The van der Waals surface area contributed by atoms with Crippen LogP contribution in [0.2, 0.25) is 0 Å². The van der Waals surface area contributed by atoms with Crippen molar-refractivity contribution in [2.24, 2.45) is 0 Å². The van der Waals surface area contributed by atoms with Gasteiger partial charge in [-0.05, 0) is 32.9 Å². The van der Waals surface area contributed by atoms with Gasteiger partial charge in [0.2, 0.25) is 0 Å². The van der Waals surface area contributed by atoms with Gasteiger partial charge >= 0.3 is 0 Å². The molecule has 0 spiro atoms. The van der Waals surface area contributed by atoms with E-state index < -0.39 is 0 Å². The molecule has 0 bridgehead atoms. The van der Waals surface area contributed by atoms with Gasteiger partial charge in [0.15, 0.2) is 0 Å². The van der Waals surface area contributed by atoms with Crippen LogP contribution in [0.5, 0.6) is 5.75 Å². The molecule has 0 fully saturated rings. The second-order valence-corrected chi connectivity index (χ2v) is 3.80. The summed E-state index contributed by atoms with van der Waals surface area (Å²) < 4.78 is 5.13. The molecule has 3 nitrogen and oxygen atoms in total. The molecule has 0 aliphatic rings. The minimum absolute atomic E-state index is 0.450. The van der Waals surface area contributed by atoms with E-state index in [0.717, 1.165) is 23.7 Å². The number of rotatable bonds is 4. The van der Waals surface area contributed by atoms with Gasteiger partial charge in [-0.2, -0.15) is 0 Å². The zero-order valence-electron chi connectivity index (χ0n) is 9.95. The molecule has 15 heavy (non-hydrogen) atoms. The molecule has 84 valence electrons. The molecule has 0 saturated carbocycles. The Labute approximate surface area is 91.8 Å². The SMILES string of the molecule is CCN(c1ccc(OC)cc1N)C(C)C. The number of nitrogens with two attached hydrogens (primary N) is 1. The molecule has 0 aliphatic heterocycles. The first-order valence-electron chi connectivity index (χ1n) is 5.30. The number of nitrogen functional groups attached to an aromatic ring is 1. The number of anilines is 2. The highest BCUT2D eigenvalue weighted by atomic mass is 16.5. The highest BCUT2D eigenvalue weighted by Crippen LogP contribution is 2.28. The second kappa shape index (κ2) is 4.91. The van der Waals surface area contributed by atoms with Crippen LogP contribution in [0.4, 0.5) is 11.4 Å². The summed E-state index contributed by atoms with van der Waals surface area (Å²) in [7, 11) is 1.65. The fourth-order valence-corrected chi connectivity index (χ4v) is 1.73. The Morgan fingerprint density at radius 3 is 2.47 bits per heavy atom. The van der Waals surface area contributed by atoms with Crippen molar-refractivity contribution in [2.75, 3.05) is 24.3 Å². The van der Waals surface area contributed by atoms with Crippen molar-refractivity contribution < 1.29 is 4.74 Å². The van der Waals surface area contributed by atoms with Gasteiger partial charge in [-0.25, -0.2) is 0 Å².